The Morgan fingerprint density at radius 3 is 2.95 bits per heavy atom. The van der Waals surface area contributed by atoms with E-state index >= 15 is 0 Å². The second-order valence-corrected chi connectivity index (χ2v) is 6.75. The molecule has 1 saturated heterocycles. The Labute approximate surface area is 131 Å². The molecule has 0 aliphatic carbocycles. The summed E-state index contributed by atoms with van der Waals surface area (Å²) in [6, 6.07) is 6.64. The molecule has 1 aromatic carbocycles. The van der Waals surface area contributed by atoms with Gasteiger partial charge in [-0.3, -0.25) is 4.79 Å². The number of thioether (sulfide) groups is 1. The fraction of sp³-hybridized carbons (Fsp3) is 0.588. The first-order valence-electron chi connectivity index (χ1n) is 7.84. The SMILES string of the molecule is CCCC[C@H](CC)C(=O)N1CCS[C@H]1c1cccc(F)c1. The van der Waals surface area contributed by atoms with E-state index in [1.165, 1.54) is 6.07 Å². The summed E-state index contributed by atoms with van der Waals surface area (Å²) >= 11 is 1.73. The van der Waals surface area contributed by atoms with E-state index in [-0.39, 0.29) is 23.0 Å². The van der Waals surface area contributed by atoms with Crippen molar-refractivity contribution in [3.63, 3.8) is 0 Å². The van der Waals surface area contributed by atoms with Crippen molar-refractivity contribution in [1.82, 2.24) is 4.90 Å². The van der Waals surface area contributed by atoms with Crippen molar-refractivity contribution in [2.75, 3.05) is 12.3 Å². The first-order valence-corrected chi connectivity index (χ1v) is 8.89. The first-order chi connectivity index (χ1) is 10.2. The van der Waals surface area contributed by atoms with E-state index in [4.69, 9.17) is 0 Å². The van der Waals surface area contributed by atoms with Gasteiger partial charge in [0, 0.05) is 18.2 Å². The van der Waals surface area contributed by atoms with Crippen LogP contribution >= 0.6 is 11.8 Å². The van der Waals surface area contributed by atoms with Crippen LogP contribution in [0.4, 0.5) is 4.39 Å². The molecule has 0 spiro atoms. The summed E-state index contributed by atoms with van der Waals surface area (Å²) in [7, 11) is 0. The van der Waals surface area contributed by atoms with Gasteiger partial charge in [-0.05, 0) is 30.5 Å². The molecule has 2 nitrogen and oxygen atoms in total. The highest BCUT2D eigenvalue weighted by Gasteiger charge is 2.33. The average Bonchev–Trinajstić information content (AvgIpc) is 2.97. The van der Waals surface area contributed by atoms with Crippen molar-refractivity contribution < 1.29 is 9.18 Å². The predicted octanol–water partition coefficient (Wildman–Crippen LogP) is 4.62. The molecule has 2 atom stereocenters. The van der Waals surface area contributed by atoms with Crippen LogP contribution in [0.5, 0.6) is 0 Å². The molecule has 1 amide bonds. The Hall–Kier alpha value is -1.03. The van der Waals surface area contributed by atoms with Gasteiger partial charge >= 0.3 is 0 Å². The zero-order chi connectivity index (χ0) is 15.2. The zero-order valence-electron chi connectivity index (χ0n) is 12.8. The van der Waals surface area contributed by atoms with Gasteiger partial charge in [-0.2, -0.15) is 0 Å². The molecule has 0 unspecified atom stereocenters. The maximum absolute atomic E-state index is 13.4. The van der Waals surface area contributed by atoms with E-state index in [0.29, 0.717) is 0 Å². The average molecular weight is 309 g/mol. The lowest BCUT2D eigenvalue weighted by atomic mass is 9.97. The molecule has 1 aliphatic rings. The Balaban J connectivity index is 2.12. The van der Waals surface area contributed by atoms with Gasteiger partial charge in [0.2, 0.25) is 5.91 Å². The maximum Gasteiger partial charge on any atom is 0.226 e. The van der Waals surface area contributed by atoms with Crippen LogP contribution in [0.2, 0.25) is 0 Å². The van der Waals surface area contributed by atoms with Gasteiger partial charge in [-0.25, -0.2) is 4.39 Å². The van der Waals surface area contributed by atoms with Crippen LogP contribution in [0.15, 0.2) is 24.3 Å². The van der Waals surface area contributed by atoms with E-state index in [0.717, 1.165) is 43.5 Å². The molecule has 0 radical (unpaired) electrons. The third-order valence-corrected chi connectivity index (χ3v) is 5.32. The van der Waals surface area contributed by atoms with Gasteiger partial charge < -0.3 is 4.90 Å². The van der Waals surface area contributed by atoms with E-state index in [1.807, 2.05) is 11.0 Å². The van der Waals surface area contributed by atoms with Crippen LogP contribution in [-0.2, 0) is 4.79 Å². The fourth-order valence-electron chi connectivity index (χ4n) is 2.82. The van der Waals surface area contributed by atoms with Gasteiger partial charge in [-0.1, -0.05) is 38.8 Å². The summed E-state index contributed by atoms with van der Waals surface area (Å²) in [6.45, 7) is 5.00. The van der Waals surface area contributed by atoms with Crippen LogP contribution in [0.3, 0.4) is 0 Å². The Bertz CT molecular complexity index is 480. The van der Waals surface area contributed by atoms with Crippen LogP contribution in [-0.4, -0.2) is 23.1 Å². The molecule has 1 aromatic rings. The summed E-state index contributed by atoms with van der Waals surface area (Å²) in [5, 5.41) is -0.0242. The molecule has 1 heterocycles. The quantitative estimate of drug-likeness (QED) is 0.764. The molecule has 0 N–H and O–H groups in total. The van der Waals surface area contributed by atoms with Crippen molar-refractivity contribution in [1.29, 1.82) is 0 Å². The molecular weight excluding hydrogens is 285 g/mol. The predicted molar refractivity (Wildman–Crippen MR) is 86.6 cm³/mol. The van der Waals surface area contributed by atoms with E-state index < -0.39 is 0 Å². The van der Waals surface area contributed by atoms with Gasteiger partial charge in [0.05, 0.1) is 0 Å². The third kappa shape index (κ3) is 4.00. The van der Waals surface area contributed by atoms with E-state index in [1.54, 1.807) is 23.9 Å². The summed E-state index contributed by atoms with van der Waals surface area (Å²) in [5.74, 6) is 1.05. The number of hydrogen-bond acceptors (Lipinski definition) is 2. The Morgan fingerprint density at radius 2 is 2.29 bits per heavy atom. The molecule has 0 bridgehead atoms. The van der Waals surface area contributed by atoms with E-state index in [9.17, 15) is 9.18 Å². The molecule has 1 fully saturated rings. The topological polar surface area (TPSA) is 20.3 Å². The normalized spacial score (nSPS) is 19.8. The van der Waals surface area contributed by atoms with Gasteiger partial charge in [0.15, 0.2) is 0 Å². The number of amides is 1. The number of nitrogens with zero attached hydrogens (tertiary/aromatic N) is 1. The largest absolute Gasteiger partial charge is 0.325 e. The summed E-state index contributed by atoms with van der Waals surface area (Å²) < 4.78 is 13.4. The smallest absolute Gasteiger partial charge is 0.226 e. The molecule has 0 saturated carbocycles. The Kier molecular flexibility index (Phi) is 6.09. The number of unbranched alkanes of at least 4 members (excludes halogenated alkanes) is 1. The maximum atomic E-state index is 13.4. The summed E-state index contributed by atoms with van der Waals surface area (Å²) in [4.78, 5) is 14.7. The van der Waals surface area contributed by atoms with Crippen LogP contribution < -0.4 is 0 Å². The molecule has 21 heavy (non-hydrogen) atoms. The second-order valence-electron chi connectivity index (χ2n) is 5.56. The number of carbonyl (C=O) groups excluding carboxylic acids is 1. The van der Waals surface area contributed by atoms with Gasteiger partial charge in [0.1, 0.15) is 11.2 Å². The van der Waals surface area contributed by atoms with Crippen LogP contribution in [0.25, 0.3) is 0 Å². The summed E-state index contributed by atoms with van der Waals surface area (Å²) in [5.41, 5.74) is 0.899. The number of halogens is 1. The Morgan fingerprint density at radius 1 is 1.48 bits per heavy atom. The molecular formula is C17H24FNOS. The first kappa shape index (κ1) is 16.3. The molecule has 0 aromatic heterocycles. The number of benzene rings is 1. The lowest BCUT2D eigenvalue weighted by molar-refractivity contribution is -0.136. The molecule has 4 heteroatoms. The minimum absolute atomic E-state index is 0.0242. The molecule has 116 valence electrons. The van der Waals surface area contributed by atoms with E-state index in [2.05, 4.69) is 13.8 Å². The van der Waals surface area contributed by atoms with Gasteiger partial charge in [-0.15, -0.1) is 11.8 Å². The third-order valence-electron chi connectivity index (χ3n) is 4.06. The lowest BCUT2D eigenvalue weighted by Crippen LogP contribution is -2.35. The lowest BCUT2D eigenvalue weighted by Gasteiger charge is -2.28. The highest BCUT2D eigenvalue weighted by molar-refractivity contribution is 7.99. The van der Waals surface area contributed by atoms with Crippen molar-refractivity contribution in [2.45, 2.75) is 44.9 Å². The monoisotopic (exact) mass is 309 g/mol. The minimum Gasteiger partial charge on any atom is -0.325 e. The van der Waals surface area contributed by atoms with Crippen molar-refractivity contribution in [2.24, 2.45) is 5.92 Å². The zero-order valence-corrected chi connectivity index (χ0v) is 13.7. The second kappa shape index (κ2) is 7.83. The van der Waals surface area contributed by atoms with Crippen LogP contribution in [0.1, 0.15) is 50.5 Å². The van der Waals surface area contributed by atoms with Crippen molar-refractivity contribution in [3.05, 3.63) is 35.6 Å². The highest BCUT2D eigenvalue weighted by Crippen LogP contribution is 2.39. The highest BCUT2D eigenvalue weighted by atomic mass is 32.2. The number of rotatable bonds is 6. The minimum atomic E-state index is -0.231. The van der Waals surface area contributed by atoms with Gasteiger partial charge in [0.25, 0.3) is 0 Å². The molecule has 2 rings (SSSR count). The van der Waals surface area contributed by atoms with Crippen molar-refractivity contribution >= 4 is 17.7 Å². The fourth-order valence-corrected chi connectivity index (χ4v) is 4.07. The van der Waals surface area contributed by atoms with Crippen molar-refractivity contribution in [3.8, 4) is 0 Å². The molecule has 1 aliphatic heterocycles. The van der Waals surface area contributed by atoms with Crippen LogP contribution in [0, 0.1) is 11.7 Å². The number of carbonyl (C=O) groups is 1. The summed E-state index contributed by atoms with van der Waals surface area (Å²) in [6.07, 6.45) is 4.06. The standard InChI is InChI=1S/C17H24FNOS/c1-3-5-7-13(4-2)16(20)19-10-11-21-17(19)14-8-6-9-15(18)12-14/h6,8-9,12-13,17H,3-5,7,10-11H2,1-2H3/t13-,17-/m0/s1. The number of hydrogen-bond donors (Lipinski definition) is 0.